The Bertz CT molecular complexity index is 1240. The van der Waals surface area contributed by atoms with Crippen LogP contribution in [0.5, 0.6) is 0 Å². The van der Waals surface area contributed by atoms with Crippen LogP contribution in [0.4, 0.5) is 13.6 Å². The fourth-order valence-corrected chi connectivity index (χ4v) is 3.84. The number of thioether (sulfide) groups is 1. The maximum absolute atomic E-state index is 13.9. The summed E-state index contributed by atoms with van der Waals surface area (Å²) in [7, 11) is 0. The van der Waals surface area contributed by atoms with Gasteiger partial charge in [0.25, 0.3) is 11.1 Å². The van der Waals surface area contributed by atoms with Crippen molar-refractivity contribution in [3.63, 3.8) is 0 Å². The third-order valence-corrected chi connectivity index (χ3v) is 5.60. The molecule has 0 unspecified atom stereocenters. The van der Waals surface area contributed by atoms with Gasteiger partial charge in [0.1, 0.15) is 23.2 Å². The minimum absolute atomic E-state index is 0.0581. The summed E-state index contributed by atoms with van der Waals surface area (Å²) in [6.07, 6.45) is 1.34. The van der Waals surface area contributed by atoms with E-state index in [1.807, 2.05) is 0 Å². The van der Waals surface area contributed by atoms with Crippen molar-refractivity contribution in [3.8, 4) is 11.3 Å². The molecule has 0 N–H and O–H groups in total. The molecule has 0 spiro atoms. The second-order valence-electron chi connectivity index (χ2n) is 6.52. The molecule has 1 fully saturated rings. The lowest BCUT2D eigenvalue weighted by atomic mass is 10.1. The van der Waals surface area contributed by atoms with Crippen LogP contribution >= 0.6 is 23.4 Å². The number of carbonyl (C=O) groups excluding carboxylic acids is 3. The van der Waals surface area contributed by atoms with Crippen LogP contribution in [-0.2, 0) is 4.79 Å². The number of Topliss-reactive ketones (excluding diaryl/α,β-unsaturated/α-hetero) is 1. The van der Waals surface area contributed by atoms with E-state index in [-0.39, 0.29) is 22.0 Å². The zero-order chi connectivity index (χ0) is 22.1. The number of hydrogen-bond donors (Lipinski definition) is 0. The van der Waals surface area contributed by atoms with Crippen molar-refractivity contribution in [2.45, 2.75) is 0 Å². The fraction of sp³-hybridized carbons (Fsp3) is 0.0455. The maximum Gasteiger partial charge on any atom is 0.293 e. The Morgan fingerprint density at radius 2 is 1.81 bits per heavy atom. The molecule has 0 saturated carbocycles. The van der Waals surface area contributed by atoms with Gasteiger partial charge in [0, 0.05) is 22.7 Å². The van der Waals surface area contributed by atoms with Crippen LogP contribution in [0.3, 0.4) is 0 Å². The number of benzene rings is 2. The number of hydrogen-bond acceptors (Lipinski definition) is 5. The van der Waals surface area contributed by atoms with Gasteiger partial charge < -0.3 is 4.42 Å². The van der Waals surface area contributed by atoms with Crippen LogP contribution in [0.1, 0.15) is 16.1 Å². The van der Waals surface area contributed by atoms with Crippen LogP contribution in [-0.4, -0.2) is 28.4 Å². The van der Waals surface area contributed by atoms with Crippen molar-refractivity contribution in [3.05, 3.63) is 87.5 Å². The zero-order valence-electron chi connectivity index (χ0n) is 15.6. The lowest BCUT2D eigenvalue weighted by molar-refractivity contribution is -0.122. The van der Waals surface area contributed by atoms with E-state index in [1.165, 1.54) is 36.4 Å². The Kier molecular flexibility index (Phi) is 5.75. The molecule has 4 rings (SSSR count). The molecule has 2 amide bonds. The molecule has 3 aromatic rings. The second kappa shape index (κ2) is 8.49. The number of ketones is 1. The molecule has 0 radical (unpaired) electrons. The third-order valence-electron chi connectivity index (χ3n) is 4.44. The SMILES string of the molecule is O=C(CN1C(=O)S/C(=C/c2ccc(-c3ccc(F)cc3F)o2)C1=O)c1ccc(Cl)cc1. The monoisotopic (exact) mass is 459 g/mol. The van der Waals surface area contributed by atoms with Gasteiger partial charge in [-0.05, 0) is 60.3 Å². The molecule has 0 bridgehead atoms. The number of carbonyl (C=O) groups is 3. The zero-order valence-corrected chi connectivity index (χ0v) is 17.2. The molecule has 1 aliphatic heterocycles. The molecular weight excluding hydrogens is 448 g/mol. The fourth-order valence-electron chi connectivity index (χ4n) is 2.90. The summed E-state index contributed by atoms with van der Waals surface area (Å²) >= 11 is 6.47. The summed E-state index contributed by atoms with van der Waals surface area (Å²) in [5, 5.41) is -0.126. The summed E-state index contributed by atoms with van der Waals surface area (Å²) in [5.41, 5.74) is 0.382. The molecule has 2 aromatic carbocycles. The molecule has 1 aromatic heterocycles. The summed E-state index contributed by atoms with van der Waals surface area (Å²) in [6, 6.07) is 12.1. The van der Waals surface area contributed by atoms with Gasteiger partial charge in [0.05, 0.1) is 17.0 Å². The highest BCUT2D eigenvalue weighted by atomic mass is 35.5. The van der Waals surface area contributed by atoms with E-state index in [0.717, 1.165) is 17.0 Å². The van der Waals surface area contributed by atoms with Gasteiger partial charge in [0.2, 0.25) is 0 Å². The number of furan rings is 1. The number of nitrogens with zero attached hydrogens (tertiary/aromatic N) is 1. The number of halogens is 3. The molecule has 156 valence electrons. The Hall–Kier alpha value is -3.23. The van der Waals surface area contributed by atoms with Gasteiger partial charge in [-0.2, -0.15) is 0 Å². The normalized spacial score (nSPS) is 15.2. The van der Waals surface area contributed by atoms with Crippen molar-refractivity contribution in [2.75, 3.05) is 6.54 Å². The summed E-state index contributed by atoms with van der Waals surface area (Å²) in [4.78, 5) is 38.2. The highest BCUT2D eigenvalue weighted by molar-refractivity contribution is 8.18. The van der Waals surface area contributed by atoms with E-state index in [1.54, 1.807) is 12.1 Å². The first kappa shape index (κ1) is 21.0. The lowest BCUT2D eigenvalue weighted by Gasteiger charge is -2.11. The Balaban J connectivity index is 1.51. The topological polar surface area (TPSA) is 67.6 Å². The van der Waals surface area contributed by atoms with Crippen LogP contribution < -0.4 is 0 Å². The third kappa shape index (κ3) is 4.45. The molecule has 9 heteroatoms. The highest BCUT2D eigenvalue weighted by Gasteiger charge is 2.36. The van der Waals surface area contributed by atoms with Crippen molar-refractivity contribution in [1.29, 1.82) is 0 Å². The van der Waals surface area contributed by atoms with E-state index < -0.39 is 35.1 Å². The standard InChI is InChI=1S/C22H12ClF2NO4S/c23-13-3-1-12(2-4-13)18(27)11-26-21(28)20(31-22(26)29)10-15-6-8-19(30-15)16-7-5-14(24)9-17(16)25/h1-10H,11H2/b20-10+. The molecule has 1 saturated heterocycles. The molecule has 2 heterocycles. The van der Waals surface area contributed by atoms with Crippen molar-refractivity contribution < 1.29 is 27.6 Å². The van der Waals surface area contributed by atoms with E-state index in [2.05, 4.69) is 0 Å². The first-order valence-corrected chi connectivity index (χ1v) is 10.1. The highest BCUT2D eigenvalue weighted by Crippen LogP contribution is 2.34. The average Bonchev–Trinajstić information content (AvgIpc) is 3.28. The second-order valence-corrected chi connectivity index (χ2v) is 7.95. The molecule has 0 aliphatic carbocycles. The number of rotatable bonds is 5. The molecule has 5 nitrogen and oxygen atoms in total. The van der Waals surface area contributed by atoms with Gasteiger partial charge in [-0.25, -0.2) is 8.78 Å². The summed E-state index contributed by atoms with van der Waals surface area (Å²) in [5.74, 6) is -2.21. The predicted octanol–water partition coefficient (Wildman–Crippen LogP) is 5.80. The predicted molar refractivity (Wildman–Crippen MR) is 113 cm³/mol. The van der Waals surface area contributed by atoms with Crippen molar-refractivity contribution in [2.24, 2.45) is 0 Å². The van der Waals surface area contributed by atoms with Crippen molar-refractivity contribution >= 4 is 46.4 Å². The van der Waals surface area contributed by atoms with Crippen LogP contribution in [0, 0.1) is 11.6 Å². The average molecular weight is 460 g/mol. The summed E-state index contributed by atoms with van der Waals surface area (Å²) < 4.78 is 32.5. The van der Waals surface area contributed by atoms with Crippen LogP contribution in [0.2, 0.25) is 5.02 Å². The first-order chi connectivity index (χ1) is 14.8. The lowest BCUT2D eigenvalue weighted by Crippen LogP contribution is -2.33. The van der Waals surface area contributed by atoms with Gasteiger partial charge in [0.15, 0.2) is 5.78 Å². The van der Waals surface area contributed by atoms with Gasteiger partial charge in [-0.1, -0.05) is 11.6 Å². The largest absolute Gasteiger partial charge is 0.457 e. The first-order valence-electron chi connectivity index (χ1n) is 8.91. The maximum atomic E-state index is 13.9. The van der Waals surface area contributed by atoms with Crippen LogP contribution in [0.25, 0.3) is 17.4 Å². The van der Waals surface area contributed by atoms with Crippen LogP contribution in [0.15, 0.2) is 63.9 Å². The Morgan fingerprint density at radius 1 is 1.06 bits per heavy atom. The molecular formula is C22H12ClF2NO4S. The van der Waals surface area contributed by atoms with E-state index in [0.29, 0.717) is 22.3 Å². The van der Waals surface area contributed by atoms with Gasteiger partial charge in [-0.3, -0.25) is 19.3 Å². The van der Waals surface area contributed by atoms with E-state index in [4.69, 9.17) is 16.0 Å². The van der Waals surface area contributed by atoms with Gasteiger partial charge in [-0.15, -0.1) is 0 Å². The smallest absolute Gasteiger partial charge is 0.293 e. The molecule has 31 heavy (non-hydrogen) atoms. The Morgan fingerprint density at radius 3 is 2.52 bits per heavy atom. The minimum Gasteiger partial charge on any atom is -0.457 e. The van der Waals surface area contributed by atoms with Crippen molar-refractivity contribution in [1.82, 2.24) is 4.90 Å². The quantitative estimate of drug-likeness (QED) is 0.356. The Labute approximate surface area is 184 Å². The van der Waals surface area contributed by atoms with E-state index in [9.17, 15) is 23.2 Å². The van der Waals surface area contributed by atoms with Gasteiger partial charge >= 0.3 is 0 Å². The van der Waals surface area contributed by atoms with E-state index >= 15 is 0 Å². The number of imide groups is 1. The summed E-state index contributed by atoms with van der Waals surface area (Å²) in [6.45, 7) is -0.409. The minimum atomic E-state index is -0.790. The molecule has 0 atom stereocenters. The molecule has 1 aliphatic rings. The number of amides is 2.